The summed E-state index contributed by atoms with van der Waals surface area (Å²) >= 11 is 0. The van der Waals surface area contributed by atoms with E-state index in [0.29, 0.717) is 0 Å². The lowest BCUT2D eigenvalue weighted by Gasteiger charge is -2.11. The Morgan fingerprint density at radius 2 is 1.14 bits per heavy atom. The standard InChI is InChI=1S/C25H16F3N/c26-25(27,28)19-14-12-17(13-15-19)18-6-5-7-20(16-18)29-23-10-3-1-8-21(23)22-9-2-4-11-24(22)29/h1-16H. The first-order valence-corrected chi connectivity index (χ1v) is 9.29. The van der Waals surface area contributed by atoms with Gasteiger partial charge in [0.05, 0.1) is 16.6 Å². The molecule has 0 aliphatic carbocycles. The van der Waals surface area contributed by atoms with Crippen LogP contribution in [0.25, 0.3) is 38.6 Å². The Morgan fingerprint density at radius 1 is 0.552 bits per heavy atom. The van der Waals surface area contributed by atoms with Gasteiger partial charge in [-0.25, -0.2) is 0 Å². The quantitative estimate of drug-likeness (QED) is 0.296. The molecule has 5 rings (SSSR count). The number of para-hydroxylation sites is 2. The minimum atomic E-state index is -4.33. The van der Waals surface area contributed by atoms with Gasteiger partial charge in [-0.15, -0.1) is 0 Å². The summed E-state index contributed by atoms with van der Waals surface area (Å²) in [5.74, 6) is 0. The van der Waals surface area contributed by atoms with Crippen LogP contribution >= 0.6 is 0 Å². The van der Waals surface area contributed by atoms with Crippen LogP contribution in [-0.2, 0) is 6.18 Å². The van der Waals surface area contributed by atoms with Crippen molar-refractivity contribution in [2.75, 3.05) is 0 Å². The summed E-state index contributed by atoms with van der Waals surface area (Å²) < 4.78 is 40.8. The maximum Gasteiger partial charge on any atom is 0.416 e. The van der Waals surface area contributed by atoms with E-state index in [1.807, 2.05) is 48.5 Å². The number of alkyl halides is 3. The summed E-state index contributed by atoms with van der Waals surface area (Å²) in [5.41, 5.74) is 4.15. The van der Waals surface area contributed by atoms with Crippen molar-refractivity contribution in [3.63, 3.8) is 0 Å². The Bertz CT molecular complexity index is 1270. The lowest BCUT2D eigenvalue weighted by molar-refractivity contribution is -0.137. The molecule has 1 heterocycles. The lowest BCUT2D eigenvalue weighted by atomic mass is 10.0. The van der Waals surface area contributed by atoms with Crippen molar-refractivity contribution in [1.82, 2.24) is 4.57 Å². The van der Waals surface area contributed by atoms with Crippen LogP contribution in [0, 0.1) is 0 Å². The molecule has 0 aliphatic heterocycles. The third-order valence-corrected chi connectivity index (χ3v) is 5.23. The number of rotatable bonds is 2. The summed E-state index contributed by atoms with van der Waals surface area (Å²) in [4.78, 5) is 0. The van der Waals surface area contributed by atoms with Crippen LogP contribution < -0.4 is 0 Å². The SMILES string of the molecule is FC(F)(F)c1ccc(-c2cccc(-n3c4ccccc4c4ccccc43)c2)cc1. The molecule has 0 atom stereocenters. The Morgan fingerprint density at radius 3 is 1.72 bits per heavy atom. The Labute approximate surface area is 165 Å². The van der Waals surface area contributed by atoms with Crippen molar-refractivity contribution >= 4 is 21.8 Å². The number of benzene rings is 4. The van der Waals surface area contributed by atoms with Gasteiger partial charge in [0.25, 0.3) is 0 Å². The second-order valence-electron chi connectivity index (χ2n) is 7.00. The number of nitrogens with zero attached hydrogens (tertiary/aromatic N) is 1. The number of hydrogen-bond donors (Lipinski definition) is 0. The molecule has 29 heavy (non-hydrogen) atoms. The molecule has 1 nitrogen and oxygen atoms in total. The highest BCUT2D eigenvalue weighted by atomic mass is 19.4. The molecule has 0 saturated carbocycles. The Kier molecular flexibility index (Phi) is 3.95. The molecule has 5 aromatic rings. The minimum absolute atomic E-state index is 0.639. The van der Waals surface area contributed by atoms with E-state index in [1.165, 1.54) is 22.9 Å². The van der Waals surface area contributed by atoms with Crippen LogP contribution in [0.3, 0.4) is 0 Å². The fourth-order valence-corrected chi connectivity index (χ4v) is 3.88. The average Bonchev–Trinajstić information content (AvgIpc) is 3.08. The van der Waals surface area contributed by atoms with E-state index in [-0.39, 0.29) is 0 Å². The van der Waals surface area contributed by atoms with Gasteiger partial charge in [0, 0.05) is 16.5 Å². The van der Waals surface area contributed by atoms with Crippen LogP contribution in [0.4, 0.5) is 13.2 Å². The topological polar surface area (TPSA) is 4.93 Å². The normalized spacial score (nSPS) is 12.0. The summed E-state index contributed by atoms with van der Waals surface area (Å²) in [5, 5.41) is 2.34. The Balaban J connectivity index is 1.67. The van der Waals surface area contributed by atoms with Gasteiger partial charge in [0.1, 0.15) is 0 Å². The fraction of sp³-hybridized carbons (Fsp3) is 0.0400. The van der Waals surface area contributed by atoms with Crippen LogP contribution in [0.2, 0.25) is 0 Å². The molecule has 4 heteroatoms. The van der Waals surface area contributed by atoms with Crippen LogP contribution in [0.1, 0.15) is 5.56 Å². The number of aromatic nitrogens is 1. The van der Waals surface area contributed by atoms with Crippen LogP contribution in [0.5, 0.6) is 0 Å². The highest BCUT2D eigenvalue weighted by molar-refractivity contribution is 6.09. The molecule has 0 N–H and O–H groups in total. The zero-order valence-electron chi connectivity index (χ0n) is 15.3. The maximum absolute atomic E-state index is 12.9. The smallest absolute Gasteiger partial charge is 0.309 e. The molecule has 0 amide bonds. The summed E-state index contributed by atoms with van der Waals surface area (Å²) in [6.45, 7) is 0. The first-order valence-electron chi connectivity index (χ1n) is 9.29. The number of fused-ring (bicyclic) bond motifs is 3. The van der Waals surface area contributed by atoms with E-state index in [1.54, 1.807) is 0 Å². The highest BCUT2D eigenvalue weighted by Crippen LogP contribution is 2.34. The second kappa shape index (κ2) is 6.52. The molecule has 0 aliphatic rings. The van der Waals surface area contributed by atoms with Crippen LogP contribution in [0.15, 0.2) is 97.1 Å². The van der Waals surface area contributed by atoms with Crippen molar-refractivity contribution in [3.05, 3.63) is 103 Å². The minimum Gasteiger partial charge on any atom is -0.309 e. The van der Waals surface area contributed by atoms with E-state index < -0.39 is 11.7 Å². The molecule has 4 aromatic carbocycles. The summed E-state index contributed by atoms with van der Waals surface area (Å²) in [6.07, 6.45) is -4.33. The Hall–Kier alpha value is -3.53. The van der Waals surface area contributed by atoms with E-state index in [4.69, 9.17) is 0 Å². The highest BCUT2D eigenvalue weighted by Gasteiger charge is 2.29. The zero-order chi connectivity index (χ0) is 20.0. The van der Waals surface area contributed by atoms with Gasteiger partial charge >= 0.3 is 6.18 Å². The van der Waals surface area contributed by atoms with Gasteiger partial charge in [-0.05, 0) is 47.5 Å². The predicted octanol–water partition coefficient (Wildman–Crippen LogP) is 7.47. The molecule has 0 bridgehead atoms. The first kappa shape index (κ1) is 17.6. The lowest BCUT2D eigenvalue weighted by Crippen LogP contribution is -2.04. The van der Waals surface area contributed by atoms with E-state index >= 15 is 0 Å². The zero-order valence-corrected chi connectivity index (χ0v) is 15.3. The molecule has 0 unspecified atom stereocenters. The number of halogens is 3. The van der Waals surface area contributed by atoms with Crippen molar-refractivity contribution in [3.8, 4) is 16.8 Å². The largest absolute Gasteiger partial charge is 0.416 e. The summed E-state index contributed by atoms with van der Waals surface area (Å²) in [6, 6.07) is 29.6. The third kappa shape index (κ3) is 2.97. The maximum atomic E-state index is 12.9. The van der Waals surface area contributed by atoms with E-state index in [0.717, 1.165) is 40.0 Å². The van der Waals surface area contributed by atoms with Gasteiger partial charge in [0.2, 0.25) is 0 Å². The van der Waals surface area contributed by atoms with Gasteiger partial charge in [-0.3, -0.25) is 0 Å². The molecule has 142 valence electrons. The molecule has 0 radical (unpaired) electrons. The molecule has 1 aromatic heterocycles. The molecule has 0 spiro atoms. The summed E-state index contributed by atoms with van der Waals surface area (Å²) in [7, 11) is 0. The fourth-order valence-electron chi connectivity index (χ4n) is 3.88. The van der Waals surface area contributed by atoms with Crippen molar-refractivity contribution in [1.29, 1.82) is 0 Å². The average molecular weight is 387 g/mol. The van der Waals surface area contributed by atoms with E-state index in [9.17, 15) is 13.2 Å². The molecule has 0 saturated heterocycles. The molecule has 0 fully saturated rings. The predicted molar refractivity (Wildman–Crippen MR) is 111 cm³/mol. The number of hydrogen-bond acceptors (Lipinski definition) is 0. The van der Waals surface area contributed by atoms with Crippen molar-refractivity contribution in [2.45, 2.75) is 6.18 Å². The van der Waals surface area contributed by atoms with Gasteiger partial charge < -0.3 is 4.57 Å². The monoisotopic (exact) mass is 387 g/mol. The van der Waals surface area contributed by atoms with Crippen LogP contribution in [-0.4, -0.2) is 4.57 Å². The second-order valence-corrected chi connectivity index (χ2v) is 7.00. The van der Waals surface area contributed by atoms with Gasteiger partial charge in [-0.1, -0.05) is 60.7 Å². The van der Waals surface area contributed by atoms with Gasteiger partial charge in [-0.2, -0.15) is 13.2 Å². The molecular weight excluding hydrogens is 371 g/mol. The first-order chi connectivity index (χ1) is 14.0. The third-order valence-electron chi connectivity index (χ3n) is 5.23. The van der Waals surface area contributed by atoms with Crippen molar-refractivity contribution in [2.24, 2.45) is 0 Å². The molecular formula is C25H16F3N. The van der Waals surface area contributed by atoms with Gasteiger partial charge in [0.15, 0.2) is 0 Å². The van der Waals surface area contributed by atoms with Crippen molar-refractivity contribution < 1.29 is 13.2 Å². The van der Waals surface area contributed by atoms with E-state index in [2.05, 4.69) is 28.8 Å².